The van der Waals surface area contributed by atoms with Gasteiger partial charge in [0.25, 0.3) is 0 Å². The Hall–Kier alpha value is -6.95. The molecule has 61 heavy (non-hydrogen) atoms. The predicted octanol–water partition coefficient (Wildman–Crippen LogP) is 1.47. The molecule has 0 unspecified atom stereocenters. The first-order valence-electron chi connectivity index (χ1n) is 19.2. The number of amides is 6. The first-order chi connectivity index (χ1) is 29.0. The van der Waals surface area contributed by atoms with E-state index in [-0.39, 0.29) is 31.4 Å². The fraction of sp³-hybridized carbons (Fsp3) is 0.333. The lowest BCUT2D eigenvalue weighted by atomic mass is 10.0. The number of likely N-dealkylation sites (N-methyl/N-ethyl adjacent to an activating group) is 1. The van der Waals surface area contributed by atoms with Crippen LogP contribution < -0.4 is 31.9 Å². The number of carboxylic acids is 2. The molecule has 0 aliphatic carbocycles. The molecular weight excluding hydrogens is 814 g/mol. The summed E-state index contributed by atoms with van der Waals surface area (Å²) in [6.07, 6.45) is -0.383. The highest BCUT2D eigenvalue weighted by atomic mass is 35.5. The molecule has 18 nitrogen and oxygen atoms in total. The van der Waals surface area contributed by atoms with Gasteiger partial charge in [0.1, 0.15) is 36.0 Å². The average molecular weight is 862 g/mol. The first-order valence-corrected chi connectivity index (χ1v) is 19.6. The smallest absolute Gasteiger partial charge is 0.303 e. The van der Waals surface area contributed by atoms with Gasteiger partial charge in [-0.1, -0.05) is 60.1 Å². The topological polar surface area (TPSA) is 285 Å². The molecule has 0 aliphatic heterocycles. The third kappa shape index (κ3) is 14.7. The van der Waals surface area contributed by atoms with E-state index in [9.17, 15) is 53.7 Å². The third-order valence-corrected chi connectivity index (χ3v) is 9.81. The van der Waals surface area contributed by atoms with Gasteiger partial charge < -0.3 is 52.2 Å². The standard InChI is InChI=1S/C42H48ClN7O11/c1-23(51)46-30(14-16-36(53)54)39(58)48-34(19-25-8-11-28(52)12-9-25)42(61)49-33(18-24-6-4-3-5-7-24)41(60)47-31(15-17-37(55)56)40(59)50-35(38(57)44-2)20-26-22-45-32-21-27(43)10-13-29(26)32/h3-13,21-22,30-31,33-35,45,52H,14-20H2,1-2H3,(H,44,57)(H,46,51)(H,47,60)(H,48,58)(H,49,61)(H,50,59)(H,53,54)(H,55,56)/t30-,31-,33-,34-,35-/m0/s1. The van der Waals surface area contributed by atoms with Gasteiger partial charge in [0.05, 0.1) is 0 Å². The van der Waals surface area contributed by atoms with E-state index in [1.54, 1.807) is 54.7 Å². The van der Waals surface area contributed by atoms with Crippen molar-refractivity contribution in [2.24, 2.45) is 0 Å². The molecule has 0 spiro atoms. The van der Waals surface area contributed by atoms with E-state index in [0.29, 0.717) is 27.2 Å². The summed E-state index contributed by atoms with van der Waals surface area (Å²) in [6.45, 7) is 1.14. The van der Waals surface area contributed by atoms with Gasteiger partial charge in [-0.25, -0.2) is 0 Å². The number of hydrogen-bond acceptors (Lipinski definition) is 9. The Morgan fingerprint density at radius 1 is 0.607 bits per heavy atom. The number of aromatic amines is 1. The molecule has 324 valence electrons. The molecule has 0 bridgehead atoms. The lowest BCUT2D eigenvalue weighted by molar-refractivity contribution is -0.139. The minimum Gasteiger partial charge on any atom is -0.508 e. The summed E-state index contributed by atoms with van der Waals surface area (Å²) in [5.41, 5.74) is 2.40. The van der Waals surface area contributed by atoms with Gasteiger partial charge >= 0.3 is 11.9 Å². The van der Waals surface area contributed by atoms with Crippen LogP contribution >= 0.6 is 11.6 Å². The van der Waals surface area contributed by atoms with Crippen molar-refractivity contribution in [2.75, 3.05) is 7.05 Å². The Balaban J connectivity index is 1.62. The van der Waals surface area contributed by atoms with Crippen LogP contribution in [-0.4, -0.2) is 105 Å². The van der Waals surface area contributed by atoms with Crippen LogP contribution in [0.3, 0.4) is 0 Å². The fourth-order valence-electron chi connectivity index (χ4n) is 6.47. The second-order valence-corrected chi connectivity index (χ2v) is 14.7. The molecule has 3 aromatic carbocycles. The zero-order chi connectivity index (χ0) is 44.6. The number of rotatable bonds is 22. The van der Waals surface area contributed by atoms with Crippen LogP contribution in [0.25, 0.3) is 10.9 Å². The van der Waals surface area contributed by atoms with Crippen molar-refractivity contribution in [2.45, 2.75) is 82.1 Å². The Labute approximate surface area is 355 Å². The summed E-state index contributed by atoms with van der Waals surface area (Å²) in [4.78, 5) is 107. The summed E-state index contributed by atoms with van der Waals surface area (Å²) in [5.74, 6) is -7.31. The van der Waals surface area contributed by atoms with Crippen molar-refractivity contribution in [1.29, 1.82) is 0 Å². The maximum absolute atomic E-state index is 14.2. The van der Waals surface area contributed by atoms with Gasteiger partial charge in [0.15, 0.2) is 0 Å². The molecular formula is C42H48ClN7O11. The number of aromatic hydroxyl groups is 1. The normalized spacial score (nSPS) is 13.4. The Kier molecular flexibility index (Phi) is 17.2. The highest BCUT2D eigenvalue weighted by molar-refractivity contribution is 6.31. The number of carbonyl (C=O) groups is 8. The van der Waals surface area contributed by atoms with Crippen molar-refractivity contribution in [3.05, 3.63) is 101 Å². The Morgan fingerprint density at radius 2 is 1.08 bits per heavy atom. The minimum atomic E-state index is -1.51. The van der Waals surface area contributed by atoms with E-state index in [2.05, 4.69) is 36.9 Å². The zero-order valence-electron chi connectivity index (χ0n) is 33.3. The van der Waals surface area contributed by atoms with Crippen molar-refractivity contribution in [3.63, 3.8) is 0 Å². The van der Waals surface area contributed by atoms with Gasteiger partial charge in [0, 0.05) is 68.2 Å². The number of halogens is 1. The fourth-order valence-corrected chi connectivity index (χ4v) is 6.65. The number of H-pyrrole nitrogens is 1. The molecule has 5 atom stereocenters. The van der Waals surface area contributed by atoms with Crippen molar-refractivity contribution >= 4 is 69.9 Å². The number of phenols is 1. The number of fused-ring (bicyclic) bond motifs is 1. The number of carbonyl (C=O) groups excluding carboxylic acids is 6. The van der Waals surface area contributed by atoms with Gasteiger partial charge in [-0.15, -0.1) is 0 Å². The summed E-state index contributed by atoms with van der Waals surface area (Å²) in [5, 5.41) is 45.1. The number of aliphatic carboxylic acids is 2. The Morgan fingerprint density at radius 3 is 1.59 bits per heavy atom. The van der Waals surface area contributed by atoms with Crippen LogP contribution in [-0.2, 0) is 57.6 Å². The number of phenolic OH excluding ortho intramolecular Hbond substituents is 1. The van der Waals surface area contributed by atoms with Gasteiger partial charge in [-0.2, -0.15) is 0 Å². The molecule has 1 aromatic heterocycles. The lowest BCUT2D eigenvalue weighted by Gasteiger charge is -2.27. The van der Waals surface area contributed by atoms with Crippen LogP contribution in [0.4, 0.5) is 0 Å². The molecule has 6 amide bonds. The largest absolute Gasteiger partial charge is 0.508 e. The second kappa shape index (κ2) is 22.4. The molecule has 0 saturated heterocycles. The van der Waals surface area contributed by atoms with Crippen LogP contribution in [0.2, 0.25) is 5.02 Å². The molecule has 19 heteroatoms. The van der Waals surface area contributed by atoms with E-state index in [1.807, 2.05) is 0 Å². The number of aromatic nitrogens is 1. The van der Waals surface area contributed by atoms with E-state index in [1.165, 1.54) is 31.3 Å². The molecule has 0 fully saturated rings. The van der Waals surface area contributed by atoms with E-state index >= 15 is 0 Å². The molecule has 0 aliphatic rings. The summed E-state index contributed by atoms with van der Waals surface area (Å²) < 4.78 is 0. The number of nitrogens with one attached hydrogen (secondary N) is 7. The monoisotopic (exact) mass is 861 g/mol. The number of hydrogen-bond donors (Lipinski definition) is 10. The van der Waals surface area contributed by atoms with Crippen molar-refractivity contribution < 1.29 is 53.7 Å². The maximum atomic E-state index is 14.2. The van der Waals surface area contributed by atoms with Crippen molar-refractivity contribution in [3.8, 4) is 5.75 Å². The molecule has 10 N–H and O–H groups in total. The Bertz CT molecular complexity index is 2220. The highest BCUT2D eigenvalue weighted by Crippen LogP contribution is 2.23. The van der Waals surface area contributed by atoms with E-state index in [4.69, 9.17) is 11.6 Å². The third-order valence-electron chi connectivity index (χ3n) is 9.58. The summed E-state index contributed by atoms with van der Waals surface area (Å²) >= 11 is 6.12. The van der Waals surface area contributed by atoms with Gasteiger partial charge in [-0.05, 0) is 53.8 Å². The number of benzene rings is 3. The van der Waals surface area contributed by atoms with E-state index < -0.39 is 96.9 Å². The molecule has 4 aromatic rings. The lowest BCUT2D eigenvalue weighted by Crippen LogP contribution is -2.60. The van der Waals surface area contributed by atoms with Gasteiger partial charge in [0.2, 0.25) is 35.4 Å². The first kappa shape index (κ1) is 46.7. The van der Waals surface area contributed by atoms with Crippen LogP contribution in [0.5, 0.6) is 5.75 Å². The molecule has 1 heterocycles. The minimum absolute atomic E-state index is 0.00652. The van der Waals surface area contributed by atoms with Crippen molar-refractivity contribution in [1.82, 2.24) is 36.9 Å². The van der Waals surface area contributed by atoms with E-state index in [0.717, 1.165) is 12.3 Å². The SMILES string of the molecule is CNC(=O)[C@H](Cc1c[nH]c2cc(Cl)ccc12)NC(=O)[C@H](CCC(=O)O)NC(=O)[C@H](Cc1ccccc1)NC(=O)[C@H](Cc1ccc(O)cc1)NC(=O)[C@H](CCC(=O)O)NC(C)=O. The quantitative estimate of drug-likeness (QED) is 0.0540. The van der Waals surface area contributed by atoms with Gasteiger partial charge in [-0.3, -0.25) is 38.4 Å². The van der Waals surface area contributed by atoms with Crippen LogP contribution in [0, 0.1) is 0 Å². The molecule has 0 saturated carbocycles. The second-order valence-electron chi connectivity index (χ2n) is 14.2. The highest BCUT2D eigenvalue weighted by Gasteiger charge is 2.33. The summed E-state index contributed by atoms with van der Waals surface area (Å²) in [7, 11) is 1.38. The average Bonchev–Trinajstić information content (AvgIpc) is 3.61. The summed E-state index contributed by atoms with van der Waals surface area (Å²) in [6, 6.07) is 12.5. The predicted molar refractivity (Wildman–Crippen MR) is 222 cm³/mol. The maximum Gasteiger partial charge on any atom is 0.303 e. The van der Waals surface area contributed by atoms with Crippen LogP contribution in [0.1, 0.15) is 49.3 Å². The zero-order valence-corrected chi connectivity index (χ0v) is 34.1. The van der Waals surface area contributed by atoms with Crippen LogP contribution in [0.15, 0.2) is 79.0 Å². The molecule has 0 radical (unpaired) electrons. The molecule has 4 rings (SSSR count). The number of carboxylic acid groups (broad SMARTS) is 2.